The van der Waals surface area contributed by atoms with Gasteiger partial charge in [0.15, 0.2) is 0 Å². The van der Waals surface area contributed by atoms with E-state index in [0.717, 1.165) is 10.4 Å². The Hall–Kier alpha value is -0.500. The number of sulfonamides is 1. The Labute approximate surface area is 108 Å². The maximum atomic E-state index is 13.6. The Morgan fingerprint density at radius 3 is 2.71 bits per heavy atom. The lowest BCUT2D eigenvalue weighted by Gasteiger charge is -2.20. The summed E-state index contributed by atoms with van der Waals surface area (Å²) in [5.41, 5.74) is 5.70. The quantitative estimate of drug-likeness (QED) is 0.900. The highest BCUT2D eigenvalue weighted by molar-refractivity contribution is 9.10. The molecule has 1 aliphatic rings. The number of halogens is 2. The molecule has 1 aromatic carbocycles. The predicted octanol–water partition coefficient (Wildman–Crippen LogP) is 1.66. The fraction of sp³-hybridized carbons (Fsp3) is 0.400. The van der Waals surface area contributed by atoms with E-state index in [4.69, 9.17) is 5.73 Å². The summed E-state index contributed by atoms with van der Waals surface area (Å²) in [4.78, 5) is -0.321. The lowest BCUT2D eigenvalue weighted by Crippen LogP contribution is -2.41. The van der Waals surface area contributed by atoms with Gasteiger partial charge in [0.25, 0.3) is 0 Å². The van der Waals surface area contributed by atoms with Gasteiger partial charge < -0.3 is 5.73 Å². The Bertz CT molecular complexity index is 535. The van der Waals surface area contributed by atoms with Gasteiger partial charge in [-0.25, -0.2) is 12.8 Å². The van der Waals surface area contributed by atoms with Gasteiger partial charge in [-0.2, -0.15) is 4.31 Å². The lowest BCUT2D eigenvalue weighted by atomic mass is 10.3. The van der Waals surface area contributed by atoms with Crippen LogP contribution in [-0.4, -0.2) is 25.4 Å². The molecule has 1 atom stereocenters. The van der Waals surface area contributed by atoms with Crippen molar-refractivity contribution < 1.29 is 12.8 Å². The molecule has 0 saturated carbocycles. The normalized spacial score (nSPS) is 21.9. The lowest BCUT2D eigenvalue weighted by molar-refractivity contribution is 0.393. The molecule has 1 saturated heterocycles. The molecule has 0 radical (unpaired) electrons. The molecule has 4 nitrogen and oxygen atoms in total. The summed E-state index contributed by atoms with van der Waals surface area (Å²) in [6.45, 7) is 0.346. The van der Waals surface area contributed by atoms with E-state index in [1.807, 2.05) is 0 Å². The van der Waals surface area contributed by atoms with Gasteiger partial charge in [0.05, 0.1) is 6.17 Å². The molecular weight excluding hydrogens is 311 g/mol. The fourth-order valence-corrected chi connectivity index (χ4v) is 3.84. The number of rotatable bonds is 2. The zero-order valence-corrected chi connectivity index (χ0v) is 11.3. The van der Waals surface area contributed by atoms with Crippen molar-refractivity contribution in [2.45, 2.75) is 23.9 Å². The van der Waals surface area contributed by atoms with Gasteiger partial charge in [-0.05, 0) is 31.0 Å². The maximum Gasteiger partial charge on any atom is 0.247 e. The van der Waals surface area contributed by atoms with Crippen molar-refractivity contribution in [2.24, 2.45) is 5.73 Å². The molecule has 2 N–H and O–H groups in total. The van der Waals surface area contributed by atoms with Gasteiger partial charge in [-0.1, -0.05) is 15.9 Å². The van der Waals surface area contributed by atoms with E-state index in [-0.39, 0.29) is 4.90 Å². The van der Waals surface area contributed by atoms with Gasteiger partial charge in [0, 0.05) is 11.0 Å². The van der Waals surface area contributed by atoms with Crippen molar-refractivity contribution in [3.05, 3.63) is 28.5 Å². The van der Waals surface area contributed by atoms with E-state index in [1.165, 1.54) is 12.1 Å². The average molecular weight is 323 g/mol. The van der Waals surface area contributed by atoms with E-state index in [2.05, 4.69) is 15.9 Å². The minimum atomic E-state index is -3.82. The second-order valence-corrected chi connectivity index (χ2v) is 6.67. The van der Waals surface area contributed by atoms with E-state index < -0.39 is 22.0 Å². The first-order valence-corrected chi connectivity index (χ1v) is 7.39. The monoisotopic (exact) mass is 322 g/mol. The van der Waals surface area contributed by atoms with E-state index >= 15 is 0 Å². The molecule has 1 heterocycles. The molecule has 1 fully saturated rings. The van der Waals surface area contributed by atoms with Crippen LogP contribution in [0.2, 0.25) is 0 Å². The van der Waals surface area contributed by atoms with Crippen LogP contribution in [-0.2, 0) is 10.0 Å². The topological polar surface area (TPSA) is 63.4 Å². The highest BCUT2D eigenvalue weighted by Gasteiger charge is 2.34. The second-order valence-electron chi connectivity index (χ2n) is 3.90. The molecule has 1 unspecified atom stereocenters. The van der Waals surface area contributed by atoms with Crippen LogP contribution in [0.25, 0.3) is 0 Å². The van der Waals surface area contributed by atoms with Gasteiger partial charge >= 0.3 is 0 Å². The summed E-state index contributed by atoms with van der Waals surface area (Å²) in [7, 11) is -3.82. The van der Waals surface area contributed by atoms with Gasteiger partial charge in [-0.3, -0.25) is 0 Å². The number of hydrogen-bond donors (Lipinski definition) is 1. The van der Waals surface area contributed by atoms with Crippen molar-refractivity contribution in [3.63, 3.8) is 0 Å². The van der Waals surface area contributed by atoms with E-state index in [9.17, 15) is 12.8 Å². The second kappa shape index (κ2) is 4.64. The van der Waals surface area contributed by atoms with Crippen LogP contribution >= 0.6 is 15.9 Å². The third kappa shape index (κ3) is 2.37. The molecule has 1 aromatic rings. The largest absolute Gasteiger partial charge is 0.315 e. The smallest absolute Gasteiger partial charge is 0.247 e. The summed E-state index contributed by atoms with van der Waals surface area (Å²) >= 11 is 3.09. The van der Waals surface area contributed by atoms with Crippen molar-refractivity contribution in [3.8, 4) is 0 Å². The van der Waals surface area contributed by atoms with Crippen LogP contribution < -0.4 is 5.73 Å². The summed E-state index contributed by atoms with van der Waals surface area (Å²) < 4.78 is 39.6. The molecule has 0 aliphatic carbocycles. The molecule has 0 bridgehead atoms. The molecular formula is C10H12BrFN2O2S. The third-order valence-corrected chi connectivity index (χ3v) is 5.18. The van der Waals surface area contributed by atoms with E-state index in [0.29, 0.717) is 23.9 Å². The first-order chi connectivity index (χ1) is 7.93. The Morgan fingerprint density at radius 1 is 1.47 bits per heavy atom. The van der Waals surface area contributed by atoms with Crippen LogP contribution in [0.15, 0.2) is 27.6 Å². The van der Waals surface area contributed by atoms with Gasteiger partial charge in [-0.15, -0.1) is 0 Å². The van der Waals surface area contributed by atoms with Crippen LogP contribution in [0.4, 0.5) is 4.39 Å². The van der Waals surface area contributed by atoms with Gasteiger partial charge in [0.2, 0.25) is 10.0 Å². The summed E-state index contributed by atoms with van der Waals surface area (Å²) in [5, 5.41) is 0. The number of nitrogens with two attached hydrogens (primary N) is 1. The highest BCUT2D eigenvalue weighted by atomic mass is 79.9. The Kier molecular flexibility index (Phi) is 3.53. The molecule has 94 valence electrons. The number of hydrogen-bond acceptors (Lipinski definition) is 3. The third-order valence-electron chi connectivity index (χ3n) is 2.73. The summed E-state index contributed by atoms with van der Waals surface area (Å²) in [6.07, 6.45) is 0.763. The van der Waals surface area contributed by atoms with Crippen LogP contribution in [0.5, 0.6) is 0 Å². The number of nitrogens with zero attached hydrogens (tertiary/aromatic N) is 1. The molecule has 7 heteroatoms. The minimum absolute atomic E-state index is 0.321. The fourth-order valence-electron chi connectivity index (χ4n) is 1.88. The SMILES string of the molecule is NC1CCCN1S(=O)(=O)c1ccc(Br)cc1F. The Morgan fingerprint density at radius 2 is 2.18 bits per heavy atom. The predicted molar refractivity (Wildman–Crippen MR) is 65.2 cm³/mol. The van der Waals surface area contributed by atoms with Gasteiger partial charge in [0.1, 0.15) is 10.7 Å². The molecule has 0 spiro atoms. The standard InChI is InChI=1S/C10H12BrFN2O2S/c11-7-3-4-9(8(12)6-7)17(15,16)14-5-1-2-10(14)13/h3-4,6,10H,1-2,5,13H2. The summed E-state index contributed by atoms with van der Waals surface area (Å²) in [5.74, 6) is -0.765. The zero-order chi connectivity index (χ0) is 12.6. The van der Waals surface area contributed by atoms with Crippen LogP contribution in [0.3, 0.4) is 0 Å². The van der Waals surface area contributed by atoms with Crippen molar-refractivity contribution in [1.29, 1.82) is 0 Å². The molecule has 2 rings (SSSR count). The van der Waals surface area contributed by atoms with E-state index in [1.54, 1.807) is 0 Å². The maximum absolute atomic E-state index is 13.6. The number of benzene rings is 1. The van der Waals surface area contributed by atoms with Crippen molar-refractivity contribution in [2.75, 3.05) is 6.54 Å². The zero-order valence-electron chi connectivity index (χ0n) is 8.94. The molecule has 0 aromatic heterocycles. The summed E-state index contributed by atoms with van der Waals surface area (Å²) in [6, 6.07) is 3.88. The van der Waals surface area contributed by atoms with Crippen LogP contribution in [0.1, 0.15) is 12.8 Å². The first kappa shape index (κ1) is 12.9. The molecule has 17 heavy (non-hydrogen) atoms. The van der Waals surface area contributed by atoms with Crippen molar-refractivity contribution in [1.82, 2.24) is 4.31 Å². The molecule has 1 aliphatic heterocycles. The average Bonchev–Trinajstić information content (AvgIpc) is 2.64. The first-order valence-electron chi connectivity index (χ1n) is 5.15. The molecule has 0 amide bonds. The van der Waals surface area contributed by atoms with Crippen LogP contribution in [0, 0.1) is 5.82 Å². The van der Waals surface area contributed by atoms with Crippen molar-refractivity contribution >= 4 is 26.0 Å². The Balaban J connectivity index is 2.44. The minimum Gasteiger partial charge on any atom is -0.315 e. The highest BCUT2D eigenvalue weighted by Crippen LogP contribution is 2.26.